The largest absolute Gasteiger partial charge is 0.370 e. The molecule has 2 rings (SSSR count). The lowest BCUT2D eigenvalue weighted by molar-refractivity contribution is 0.0258. The molecule has 2 aliphatic rings. The maximum Gasteiger partial charge on any atom is 0.158 e. The monoisotopic (exact) mass is 208 g/mol. The molecule has 4 N–H and O–H groups in total. The summed E-state index contributed by atoms with van der Waals surface area (Å²) in [5.41, 5.74) is 9.15. The second-order valence-electron chi connectivity index (χ2n) is 4.15. The topological polar surface area (TPSA) is 73.9 Å². The van der Waals surface area contributed by atoms with Crippen LogP contribution in [0.1, 0.15) is 13.8 Å². The first-order valence-electron chi connectivity index (χ1n) is 5.01. The summed E-state index contributed by atoms with van der Waals surface area (Å²) in [5.74, 6) is -0.0564. The van der Waals surface area contributed by atoms with Crippen LogP contribution in [-0.4, -0.2) is 28.6 Å². The second kappa shape index (κ2) is 3.36. The van der Waals surface area contributed by atoms with Crippen molar-refractivity contribution in [2.24, 2.45) is 16.6 Å². The third-order valence-electron chi connectivity index (χ3n) is 2.75. The number of aliphatic hydroxyl groups is 1. The van der Waals surface area contributed by atoms with E-state index in [1.165, 1.54) is 0 Å². The van der Waals surface area contributed by atoms with Crippen LogP contribution in [-0.2, 0) is 0 Å². The molecule has 0 aromatic rings. The van der Waals surface area contributed by atoms with E-state index in [1.54, 1.807) is 12.4 Å². The van der Waals surface area contributed by atoms with Crippen LogP contribution in [0.25, 0.3) is 0 Å². The van der Waals surface area contributed by atoms with Gasteiger partial charge in [0.05, 0.1) is 24.1 Å². The van der Waals surface area contributed by atoms with Crippen LogP contribution >= 0.6 is 0 Å². The van der Waals surface area contributed by atoms with Crippen molar-refractivity contribution in [2.75, 3.05) is 6.54 Å². The number of aliphatic imine (C=N–C) groups is 1. The second-order valence-corrected chi connectivity index (χ2v) is 4.15. The average Bonchev–Trinajstić information content (AvgIpc) is 2.61. The summed E-state index contributed by atoms with van der Waals surface area (Å²) in [4.78, 5) is 4.05. The van der Waals surface area contributed by atoms with Crippen molar-refractivity contribution in [1.82, 2.24) is 10.4 Å². The third-order valence-corrected chi connectivity index (χ3v) is 2.75. The molecule has 0 amide bonds. The highest BCUT2D eigenvalue weighted by Crippen LogP contribution is 2.26. The van der Waals surface area contributed by atoms with Gasteiger partial charge in [-0.2, -0.15) is 0 Å². The Morgan fingerprint density at radius 2 is 2.40 bits per heavy atom. The molecule has 15 heavy (non-hydrogen) atoms. The van der Waals surface area contributed by atoms with Gasteiger partial charge in [-0.3, -0.25) is 21.2 Å². The SMILES string of the molecule is CC(C)C(N)(O)C1=CC2=CN=CCN2N1. The molecule has 0 bridgehead atoms. The van der Waals surface area contributed by atoms with E-state index in [4.69, 9.17) is 5.73 Å². The van der Waals surface area contributed by atoms with Crippen molar-refractivity contribution in [3.05, 3.63) is 23.7 Å². The minimum Gasteiger partial charge on any atom is -0.370 e. The van der Waals surface area contributed by atoms with Crippen LogP contribution in [0.4, 0.5) is 0 Å². The van der Waals surface area contributed by atoms with Crippen LogP contribution in [0.3, 0.4) is 0 Å². The zero-order chi connectivity index (χ0) is 11.1. The Morgan fingerprint density at radius 3 is 3.00 bits per heavy atom. The molecule has 0 saturated carbocycles. The number of nitrogens with zero attached hydrogens (tertiary/aromatic N) is 2. The Hall–Kier alpha value is -1.33. The van der Waals surface area contributed by atoms with E-state index >= 15 is 0 Å². The Kier molecular flexibility index (Phi) is 2.28. The zero-order valence-corrected chi connectivity index (χ0v) is 8.94. The first kappa shape index (κ1) is 10.2. The number of nitrogens with two attached hydrogens (primary N) is 1. The van der Waals surface area contributed by atoms with Gasteiger partial charge in [0.15, 0.2) is 5.72 Å². The number of hydrogen-bond donors (Lipinski definition) is 3. The van der Waals surface area contributed by atoms with Crippen LogP contribution in [0, 0.1) is 5.92 Å². The van der Waals surface area contributed by atoms with E-state index < -0.39 is 5.72 Å². The highest BCUT2D eigenvalue weighted by Gasteiger charge is 2.35. The fourth-order valence-corrected chi connectivity index (χ4v) is 1.50. The van der Waals surface area contributed by atoms with Crippen LogP contribution in [0.15, 0.2) is 28.7 Å². The molecule has 0 aromatic carbocycles. The van der Waals surface area contributed by atoms with E-state index in [-0.39, 0.29) is 5.92 Å². The van der Waals surface area contributed by atoms with Crippen molar-refractivity contribution in [3.8, 4) is 0 Å². The van der Waals surface area contributed by atoms with Gasteiger partial charge in [0, 0.05) is 12.1 Å². The third kappa shape index (κ3) is 1.64. The molecule has 0 fully saturated rings. The molecule has 2 aliphatic heterocycles. The molecule has 2 heterocycles. The summed E-state index contributed by atoms with van der Waals surface area (Å²) in [6, 6.07) is 0. The highest BCUT2D eigenvalue weighted by molar-refractivity contribution is 5.63. The molecule has 0 radical (unpaired) electrons. The lowest BCUT2D eigenvalue weighted by Crippen LogP contribution is -2.51. The lowest BCUT2D eigenvalue weighted by atomic mass is 9.97. The lowest BCUT2D eigenvalue weighted by Gasteiger charge is -2.30. The molecular formula is C10H16N4O. The Morgan fingerprint density at radius 1 is 1.67 bits per heavy atom. The molecule has 0 aromatic heterocycles. The van der Waals surface area contributed by atoms with Crippen molar-refractivity contribution < 1.29 is 5.11 Å². The van der Waals surface area contributed by atoms with E-state index in [0.29, 0.717) is 12.2 Å². The molecule has 0 saturated heterocycles. The van der Waals surface area contributed by atoms with Crippen molar-refractivity contribution >= 4 is 6.21 Å². The van der Waals surface area contributed by atoms with Crippen molar-refractivity contribution in [3.63, 3.8) is 0 Å². The fourth-order valence-electron chi connectivity index (χ4n) is 1.50. The van der Waals surface area contributed by atoms with Gasteiger partial charge < -0.3 is 5.11 Å². The van der Waals surface area contributed by atoms with Gasteiger partial charge in [-0.15, -0.1) is 0 Å². The molecular weight excluding hydrogens is 192 g/mol. The number of allylic oxidation sites excluding steroid dienone is 1. The summed E-state index contributed by atoms with van der Waals surface area (Å²) in [7, 11) is 0. The Balaban J connectivity index is 2.24. The van der Waals surface area contributed by atoms with Gasteiger partial charge in [-0.25, -0.2) is 0 Å². The van der Waals surface area contributed by atoms with Gasteiger partial charge >= 0.3 is 0 Å². The standard InChI is InChI=1S/C10H16N4O/c1-7(2)10(11,15)9-5-8-6-12-3-4-14(8)13-9/h3,5-7,13,15H,4,11H2,1-2H3. The molecule has 0 aliphatic carbocycles. The summed E-state index contributed by atoms with van der Waals surface area (Å²) in [6.45, 7) is 4.44. The van der Waals surface area contributed by atoms with E-state index in [1.807, 2.05) is 24.9 Å². The highest BCUT2D eigenvalue weighted by atomic mass is 16.3. The van der Waals surface area contributed by atoms with E-state index in [2.05, 4.69) is 10.4 Å². The predicted octanol–water partition coefficient (Wildman–Crippen LogP) is -0.0804. The van der Waals surface area contributed by atoms with E-state index in [9.17, 15) is 5.11 Å². The number of hydrogen-bond acceptors (Lipinski definition) is 5. The summed E-state index contributed by atoms with van der Waals surface area (Å²) < 4.78 is 0. The maximum atomic E-state index is 10.1. The molecule has 1 atom stereocenters. The first-order chi connectivity index (χ1) is 7.01. The average molecular weight is 208 g/mol. The molecule has 0 spiro atoms. The molecule has 82 valence electrons. The number of fused-ring (bicyclic) bond motifs is 1. The molecule has 5 heteroatoms. The minimum absolute atomic E-state index is 0.0564. The Bertz CT molecular complexity index is 354. The smallest absolute Gasteiger partial charge is 0.158 e. The van der Waals surface area contributed by atoms with Gasteiger partial charge in [0.25, 0.3) is 0 Å². The predicted molar refractivity (Wildman–Crippen MR) is 58.5 cm³/mol. The van der Waals surface area contributed by atoms with Gasteiger partial charge in [-0.05, 0) is 6.08 Å². The van der Waals surface area contributed by atoms with Crippen LogP contribution in [0.5, 0.6) is 0 Å². The summed E-state index contributed by atoms with van der Waals surface area (Å²) >= 11 is 0. The fraction of sp³-hybridized carbons (Fsp3) is 0.500. The van der Waals surface area contributed by atoms with E-state index in [0.717, 1.165) is 5.70 Å². The van der Waals surface area contributed by atoms with Gasteiger partial charge in [-0.1, -0.05) is 13.8 Å². The van der Waals surface area contributed by atoms with Crippen LogP contribution in [0.2, 0.25) is 0 Å². The zero-order valence-electron chi connectivity index (χ0n) is 8.94. The van der Waals surface area contributed by atoms with Crippen LogP contribution < -0.4 is 11.2 Å². The number of hydrazine groups is 1. The number of nitrogens with one attached hydrogen (secondary N) is 1. The minimum atomic E-state index is -1.32. The quantitative estimate of drug-likeness (QED) is 0.555. The molecule has 5 nitrogen and oxygen atoms in total. The Labute approximate surface area is 88.9 Å². The van der Waals surface area contributed by atoms with Gasteiger partial charge in [0.2, 0.25) is 0 Å². The summed E-state index contributed by atoms with van der Waals surface area (Å²) in [6.07, 6.45) is 5.36. The van der Waals surface area contributed by atoms with Crippen molar-refractivity contribution in [2.45, 2.75) is 19.6 Å². The first-order valence-corrected chi connectivity index (χ1v) is 5.01. The maximum absolute atomic E-state index is 10.1. The normalized spacial score (nSPS) is 23.1. The number of rotatable bonds is 2. The summed E-state index contributed by atoms with van der Waals surface area (Å²) in [5, 5.41) is 12.0. The van der Waals surface area contributed by atoms with Gasteiger partial charge in [0.1, 0.15) is 0 Å². The molecule has 1 unspecified atom stereocenters. The van der Waals surface area contributed by atoms with Crippen molar-refractivity contribution in [1.29, 1.82) is 0 Å².